The maximum atomic E-state index is 11.8. The maximum absolute atomic E-state index is 11.8. The highest BCUT2D eigenvalue weighted by Crippen LogP contribution is 2.34. The summed E-state index contributed by atoms with van der Waals surface area (Å²) in [7, 11) is 1.84. The smallest absolute Gasteiger partial charge is 0.323 e. The Hall–Kier alpha value is -1.10. The molecule has 1 fully saturated rings. The van der Waals surface area contributed by atoms with Gasteiger partial charge in [-0.3, -0.25) is 5.32 Å². The summed E-state index contributed by atoms with van der Waals surface area (Å²) < 4.78 is 0. The molecule has 0 bridgehead atoms. The largest absolute Gasteiger partial charge is 0.325 e. The number of hydrogen-bond donors (Lipinski definition) is 1. The fourth-order valence-corrected chi connectivity index (χ4v) is 2.06. The number of hydrogen-bond acceptors (Lipinski definition) is 3. The minimum absolute atomic E-state index is 0.0654. The first-order valence-corrected chi connectivity index (χ1v) is 5.99. The molecule has 1 heterocycles. The van der Waals surface area contributed by atoms with Crippen molar-refractivity contribution < 1.29 is 4.79 Å². The molecule has 1 saturated carbocycles. The number of nitrogens with one attached hydrogen (secondary N) is 1. The van der Waals surface area contributed by atoms with Crippen molar-refractivity contribution in [3.63, 3.8) is 0 Å². The molecule has 1 aliphatic rings. The fraction of sp³-hybridized carbons (Fsp3) is 0.600. The number of carbonyl (C=O) groups excluding carboxylic acids is 1. The van der Waals surface area contributed by atoms with Crippen LogP contribution in [-0.2, 0) is 0 Å². The van der Waals surface area contributed by atoms with Gasteiger partial charge < -0.3 is 4.90 Å². The van der Waals surface area contributed by atoms with Crippen molar-refractivity contribution in [2.75, 3.05) is 12.4 Å². The van der Waals surface area contributed by atoms with Crippen molar-refractivity contribution in [1.29, 1.82) is 0 Å². The van der Waals surface area contributed by atoms with E-state index in [1.165, 1.54) is 24.2 Å². The minimum Gasteiger partial charge on any atom is -0.325 e. The Morgan fingerprint density at radius 1 is 1.73 bits per heavy atom. The molecule has 1 unspecified atom stereocenters. The zero-order chi connectivity index (χ0) is 10.8. The molecule has 2 rings (SSSR count). The lowest BCUT2D eigenvalue weighted by Crippen LogP contribution is -2.39. The second-order valence-electron chi connectivity index (χ2n) is 3.96. The van der Waals surface area contributed by atoms with Crippen LogP contribution in [0.15, 0.2) is 11.6 Å². The molecule has 2 amide bonds. The second-order valence-corrected chi connectivity index (χ2v) is 4.85. The molecule has 1 atom stereocenters. The Morgan fingerprint density at radius 3 is 3.00 bits per heavy atom. The Kier molecular flexibility index (Phi) is 2.90. The van der Waals surface area contributed by atoms with E-state index in [1.54, 1.807) is 11.1 Å². The van der Waals surface area contributed by atoms with Gasteiger partial charge in [0, 0.05) is 24.7 Å². The van der Waals surface area contributed by atoms with E-state index < -0.39 is 0 Å². The van der Waals surface area contributed by atoms with E-state index in [0.717, 1.165) is 0 Å². The van der Waals surface area contributed by atoms with Gasteiger partial charge >= 0.3 is 6.03 Å². The molecular weight excluding hydrogens is 210 g/mol. The van der Waals surface area contributed by atoms with Crippen LogP contribution in [0, 0.1) is 5.92 Å². The average Bonchev–Trinajstić information content (AvgIpc) is 2.96. The summed E-state index contributed by atoms with van der Waals surface area (Å²) in [6.45, 7) is 2.10. The Balaban J connectivity index is 1.89. The van der Waals surface area contributed by atoms with Gasteiger partial charge in [0.05, 0.1) is 0 Å². The van der Waals surface area contributed by atoms with Gasteiger partial charge in [-0.15, -0.1) is 11.3 Å². The summed E-state index contributed by atoms with van der Waals surface area (Å²) >= 11 is 1.43. The molecule has 0 aliphatic heterocycles. The molecule has 0 radical (unpaired) electrons. The first kappa shape index (κ1) is 10.4. The normalized spacial score (nSPS) is 17.2. The van der Waals surface area contributed by atoms with Crippen molar-refractivity contribution in [2.24, 2.45) is 5.92 Å². The predicted molar refractivity (Wildman–Crippen MR) is 61.1 cm³/mol. The van der Waals surface area contributed by atoms with Crippen LogP contribution in [-0.4, -0.2) is 29.0 Å². The van der Waals surface area contributed by atoms with E-state index in [4.69, 9.17) is 0 Å². The number of urea groups is 1. The molecule has 0 saturated heterocycles. The average molecular weight is 225 g/mol. The first-order valence-electron chi connectivity index (χ1n) is 5.12. The van der Waals surface area contributed by atoms with E-state index in [-0.39, 0.29) is 6.03 Å². The van der Waals surface area contributed by atoms with Crippen LogP contribution in [0.3, 0.4) is 0 Å². The van der Waals surface area contributed by atoms with E-state index in [1.807, 2.05) is 12.4 Å². The molecule has 15 heavy (non-hydrogen) atoms. The molecule has 1 aliphatic carbocycles. The fourth-order valence-electron chi connectivity index (χ4n) is 1.54. The van der Waals surface area contributed by atoms with Crippen LogP contribution in [0.5, 0.6) is 0 Å². The van der Waals surface area contributed by atoms with Gasteiger partial charge in [-0.25, -0.2) is 9.78 Å². The molecule has 1 aromatic heterocycles. The van der Waals surface area contributed by atoms with Gasteiger partial charge in [0.25, 0.3) is 0 Å². The summed E-state index contributed by atoms with van der Waals surface area (Å²) in [5.74, 6) is 0.692. The second kappa shape index (κ2) is 4.18. The number of aromatic nitrogens is 1. The summed E-state index contributed by atoms with van der Waals surface area (Å²) in [6.07, 6.45) is 4.18. The van der Waals surface area contributed by atoms with Gasteiger partial charge in [-0.2, -0.15) is 0 Å². The van der Waals surface area contributed by atoms with E-state index in [0.29, 0.717) is 17.1 Å². The van der Waals surface area contributed by atoms with Gasteiger partial charge in [-0.05, 0) is 25.7 Å². The van der Waals surface area contributed by atoms with Crippen LogP contribution in [0.4, 0.5) is 9.93 Å². The van der Waals surface area contributed by atoms with Gasteiger partial charge in [0.15, 0.2) is 5.13 Å². The third kappa shape index (κ3) is 2.47. The highest BCUT2D eigenvalue weighted by Gasteiger charge is 2.32. The number of nitrogens with zero attached hydrogens (tertiary/aromatic N) is 2. The van der Waals surface area contributed by atoms with Gasteiger partial charge in [0.2, 0.25) is 0 Å². The molecule has 4 nitrogen and oxygen atoms in total. The Morgan fingerprint density at radius 2 is 2.47 bits per heavy atom. The molecule has 1 N–H and O–H groups in total. The molecule has 1 aromatic rings. The monoisotopic (exact) mass is 225 g/mol. The summed E-state index contributed by atoms with van der Waals surface area (Å²) in [5, 5.41) is 5.29. The minimum atomic E-state index is -0.0654. The third-order valence-electron chi connectivity index (χ3n) is 2.88. The molecule has 82 valence electrons. The van der Waals surface area contributed by atoms with Crippen LogP contribution in [0.2, 0.25) is 0 Å². The van der Waals surface area contributed by atoms with Crippen molar-refractivity contribution in [2.45, 2.75) is 25.8 Å². The zero-order valence-corrected chi connectivity index (χ0v) is 9.75. The van der Waals surface area contributed by atoms with E-state index >= 15 is 0 Å². The highest BCUT2D eigenvalue weighted by molar-refractivity contribution is 7.13. The molecular formula is C10H15N3OS. The van der Waals surface area contributed by atoms with Crippen LogP contribution in [0.25, 0.3) is 0 Å². The Labute approximate surface area is 93.3 Å². The summed E-state index contributed by atoms with van der Waals surface area (Å²) in [4.78, 5) is 17.5. The Bertz CT molecular complexity index is 334. The highest BCUT2D eigenvalue weighted by atomic mass is 32.1. The van der Waals surface area contributed by atoms with Crippen LogP contribution in [0.1, 0.15) is 19.8 Å². The SMILES string of the molecule is CC(C1CC1)N(C)C(=O)Nc1nccs1. The van der Waals surface area contributed by atoms with Crippen molar-refractivity contribution >= 4 is 22.5 Å². The molecule has 0 aromatic carbocycles. The lowest BCUT2D eigenvalue weighted by molar-refractivity contribution is 0.201. The van der Waals surface area contributed by atoms with Gasteiger partial charge in [0.1, 0.15) is 0 Å². The lowest BCUT2D eigenvalue weighted by Gasteiger charge is -2.24. The zero-order valence-electron chi connectivity index (χ0n) is 8.93. The quantitative estimate of drug-likeness (QED) is 0.858. The van der Waals surface area contributed by atoms with Crippen molar-refractivity contribution in [1.82, 2.24) is 9.88 Å². The molecule has 0 spiro atoms. The van der Waals surface area contributed by atoms with Crippen LogP contribution >= 0.6 is 11.3 Å². The predicted octanol–water partition coefficient (Wildman–Crippen LogP) is 2.41. The van der Waals surface area contributed by atoms with Gasteiger partial charge in [-0.1, -0.05) is 0 Å². The third-order valence-corrected chi connectivity index (χ3v) is 3.57. The standard InChI is InChI=1S/C10H15N3OS/c1-7(8-3-4-8)13(2)10(14)12-9-11-5-6-15-9/h5-8H,3-4H2,1-2H3,(H,11,12,14). The number of thiazole rings is 1. The lowest BCUT2D eigenvalue weighted by atomic mass is 10.2. The number of carbonyl (C=O) groups is 1. The summed E-state index contributed by atoms with van der Waals surface area (Å²) in [6, 6.07) is 0.259. The first-order chi connectivity index (χ1) is 7.18. The maximum Gasteiger partial charge on any atom is 0.323 e. The molecule has 5 heteroatoms. The number of amides is 2. The van der Waals surface area contributed by atoms with Crippen molar-refractivity contribution in [3.05, 3.63) is 11.6 Å². The van der Waals surface area contributed by atoms with E-state index in [2.05, 4.69) is 17.2 Å². The topological polar surface area (TPSA) is 45.2 Å². The van der Waals surface area contributed by atoms with Crippen LogP contribution < -0.4 is 5.32 Å². The number of rotatable bonds is 3. The number of anilines is 1. The van der Waals surface area contributed by atoms with E-state index in [9.17, 15) is 4.79 Å². The summed E-state index contributed by atoms with van der Waals surface area (Å²) in [5.41, 5.74) is 0. The van der Waals surface area contributed by atoms with Crippen molar-refractivity contribution in [3.8, 4) is 0 Å².